The minimum atomic E-state index is 0.456. The van der Waals surface area contributed by atoms with Crippen LogP contribution < -0.4 is 4.90 Å². The van der Waals surface area contributed by atoms with Gasteiger partial charge in [-0.1, -0.05) is 5.16 Å². The molecule has 0 aromatic carbocycles. The molecule has 1 aliphatic rings. The average molecular weight is 309 g/mol. The molecule has 0 unspecified atom stereocenters. The highest BCUT2D eigenvalue weighted by atomic mass is 16.5. The van der Waals surface area contributed by atoms with Gasteiger partial charge in [-0.3, -0.25) is 4.98 Å². The molecule has 0 atom stereocenters. The fraction of sp³-hybridized carbons (Fsp3) is 0.250. The first-order valence-corrected chi connectivity index (χ1v) is 7.43. The summed E-state index contributed by atoms with van der Waals surface area (Å²) in [5.74, 6) is 1.90. The van der Waals surface area contributed by atoms with E-state index in [0.717, 1.165) is 43.2 Å². The van der Waals surface area contributed by atoms with Crippen molar-refractivity contribution in [2.45, 2.75) is 0 Å². The van der Waals surface area contributed by atoms with E-state index in [4.69, 9.17) is 9.26 Å². The first kappa shape index (κ1) is 13.8. The average Bonchev–Trinajstić information content (AvgIpc) is 3.14. The third-order valence-electron chi connectivity index (χ3n) is 3.67. The van der Waals surface area contributed by atoms with Gasteiger partial charge in [0.2, 0.25) is 5.82 Å². The highest BCUT2D eigenvalue weighted by molar-refractivity contribution is 5.62. The van der Waals surface area contributed by atoms with Gasteiger partial charge in [-0.15, -0.1) is 0 Å². The Hall–Kier alpha value is -2.80. The van der Waals surface area contributed by atoms with Crippen molar-refractivity contribution in [1.82, 2.24) is 20.1 Å². The van der Waals surface area contributed by atoms with Gasteiger partial charge in [0.05, 0.1) is 18.8 Å². The maximum Gasteiger partial charge on any atom is 0.259 e. The van der Waals surface area contributed by atoms with Crippen LogP contribution in [0.3, 0.4) is 0 Å². The van der Waals surface area contributed by atoms with Crippen molar-refractivity contribution < 1.29 is 9.26 Å². The summed E-state index contributed by atoms with van der Waals surface area (Å²) < 4.78 is 10.7. The zero-order valence-electron chi connectivity index (χ0n) is 12.4. The molecular formula is C16H15N5O2. The number of morpholine rings is 1. The summed E-state index contributed by atoms with van der Waals surface area (Å²) in [5, 5.41) is 4.06. The molecule has 23 heavy (non-hydrogen) atoms. The summed E-state index contributed by atoms with van der Waals surface area (Å²) >= 11 is 0. The largest absolute Gasteiger partial charge is 0.378 e. The van der Waals surface area contributed by atoms with Crippen LogP contribution in [-0.4, -0.2) is 46.4 Å². The molecule has 4 heterocycles. The van der Waals surface area contributed by atoms with Crippen LogP contribution >= 0.6 is 0 Å². The molecule has 3 aromatic rings. The Morgan fingerprint density at radius 3 is 2.78 bits per heavy atom. The second-order valence-corrected chi connectivity index (χ2v) is 5.17. The topological polar surface area (TPSA) is 77.2 Å². The van der Waals surface area contributed by atoms with Crippen molar-refractivity contribution >= 4 is 5.82 Å². The minimum Gasteiger partial charge on any atom is -0.378 e. The van der Waals surface area contributed by atoms with E-state index in [-0.39, 0.29) is 0 Å². The summed E-state index contributed by atoms with van der Waals surface area (Å²) in [4.78, 5) is 15.1. The van der Waals surface area contributed by atoms with E-state index in [9.17, 15) is 0 Å². The quantitative estimate of drug-likeness (QED) is 0.732. The van der Waals surface area contributed by atoms with Crippen LogP contribution in [-0.2, 0) is 4.74 Å². The third-order valence-corrected chi connectivity index (χ3v) is 3.67. The van der Waals surface area contributed by atoms with Gasteiger partial charge in [0, 0.05) is 37.2 Å². The molecule has 0 radical (unpaired) electrons. The highest BCUT2D eigenvalue weighted by Gasteiger charge is 2.15. The lowest BCUT2D eigenvalue weighted by atomic mass is 10.2. The summed E-state index contributed by atoms with van der Waals surface area (Å²) in [6.07, 6.45) is 5.17. The molecule has 1 saturated heterocycles. The van der Waals surface area contributed by atoms with Gasteiger partial charge in [-0.2, -0.15) is 4.98 Å². The van der Waals surface area contributed by atoms with Crippen molar-refractivity contribution in [2.75, 3.05) is 31.2 Å². The second-order valence-electron chi connectivity index (χ2n) is 5.17. The van der Waals surface area contributed by atoms with Crippen LogP contribution in [0.1, 0.15) is 0 Å². The number of hydrogen-bond acceptors (Lipinski definition) is 7. The van der Waals surface area contributed by atoms with Crippen molar-refractivity contribution in [3.05, 3.63) is 42.9 Å². The van der Waals surface area contributed by atoms with E-state index < -0.39 is 0 Å². The monoisotopic (exact) mass is 309 g/mol. The predicted octanol–water partition coefficient (Wildman–Crippen LogP) is 2.03. The minimum absolute atomic E-state index is 0.456. The molecule has 4 rings (SSSR count). The molecule has 0 amide bonds. The van der Waals surface area contributed by atoms with Gasteiger partial charge >= 0.3 is 0 Å². The summed E-state index contributed by atoms with van der Waals surface area (Å²) in [6, 6.07) is 7.57. The molecule has 1 aliphatic heterocycles. The molecule has 0 bridgehead atoms. The van der Waals surface area contributed by atoms with Crippen molar-refractivity contribution in [3.63, 3.8) is 0 Å². The van der Waals surface area contributed by atoms with Gasteiger partial charge in [-0.25, -0.2) is 4.98 Å². The number of anilines is 1. The lowest BCUT2D eigenvalue weighted by Gasteiger charge is -2.27. The number of pyridine rings is 2. The van der Waals surface area contributed by atoms with Crippen molar-refractivity contribution in [2.24, 2.45) is 0 Å². The van der Waals surface area contributed by atoms with Crippen LogP contribution in [0.15, 0.2) is 47.4 Å². The van der Waals surface area contributed by atoms with E-state index in [2.05, 4.69) is 25.0 Å². The molecule has 0 N–H and O–H groups in total. The van der Waals surface area contributed by atoms with Gasteiger partial charge in [0.25, 0.3) is 5.89 Å². The lowest BCUT2D eigenvalue weighted by molar-refractivity contribution is 0.122. The highest BCUT2D eigenvalue weighted by Crippen LogP contribution is 2.24. The molecule has 0 aliphatic carbocycles. The van der Waals surface area contributed by atoms with E-state index in [1.165, 1.54) is 0 Å². The summed E-state index contributed by atoms with van der Waals surface area (Å²) in [7, 11) is 0. The van der Waals surface area contributed by atoms with Gasteiger partial charge in [-0.05, 0) is 24.3 Å². The summed E-state index contributed by atoms with van der Waals surface area (Å²) in [6.45, 7) is 3.12. The lowest BCUT2D eigenvalue weighted by Crippen LogP contribution is -2.36. The fourth-order valence-electron chi connectivity index (χ4n) is 2.47. The standard InChI is InChI=1S/C16H15N5O2/c1-2-13(11-17-4-1)16-19-15(20-23-16)12-3-5-18-14(10-12)21-6-8-22-9-7-21/h1-5,10-11H,6-9H2. The molecule has 1 fully saturated rings. The molecule has 116 valence electrons. The Bertz CT molecular complexity index is 784. The number of ether oxygens (including phenoxy) is 1. The van der Waals surface area contributed by atoms with Crippen LogP contribution in [0.25, 0.3) is 22.8 Å². The zero-order valence-corrected chi connectivity index (χ0v) is 12.4. The fourth-order valence-corrected chi connectivity index (χ4v) is 2.47. The van der Waals surface area contributed by atoms with Crippen LogP contribution in [0.5, 0.6) is 0 Å². The molecule has 0 spiro atoms. The second kappa shape index (κ2) is 6.13. The van der Waals surface area contributed by atoms with Gasteiger partial charge in [0.15, 0.2) is 0 Å². The van der Waals surface area contributed by atoms with E-state index in [0.29, 0.717) is 11.7 Å². The maximum atomic E-state index is 5.37. The maximum absolute atomic E-state index is 5.37. The SMILES string of the molecule is c1cncc(-c2nc(-c3ccnc(N4CCOCC4)c3)no2)c1. The van der Waals surface area contributed by atoms with E-state index in [1.54, 1.807) is 18.6 Å². The Kier molecular flexibility index (Phi) is 3.69. The Labute approximate surface area is 132 Å². The Morgan fingerprint density at radius 2 is 1.96 bits per heavy atom. The number of rotatable bonds is 3. The first-order valence-electron chi connectivity index (χ1n) is 7.43. The smallest absolute Gasteiger partial charge is 0.259 e. The third kappa shape index (κ3) is 2.91. The Morgan fingerprint density at radius 1 is 1.04 bits per heavy atom. The molecule has 3 aromatic heterocycles. The number of aromatic nitrogens is 4. The van der Waals surface area contributed by atoms with Gasteiger partial charge < -0.3 is 14.2 Å². The van der Waals surface area contributed by atoms with Crippen molar-refractivity contribution in [3.8, 4) is 22.8 Å². The van der Waals surface area contributed by atoms with Crippen molar-refractivity contribution in [1.29, 1.82) is 0 Å². The molecular weight excluding hydrogens is 294 g/mol. The molecule has 0 saturated carbocycles. The Balaban J connectivity index is 1.62. The molecule has 7 heteroatoms. The van der Waals surface area contributed by atoms with E-state index >= 15 is 0 Å². The predicted molar refractivity (Wildman–Crippen MR) is 83.8 cm³/mol. The number of hydrogen-bond donors (Lipinski definition) is 0. The number of nitrogens with zero attached hydrogens (tertiary/aromatic N) is 5. The van der Waals surface area contributed by atoms with Crippen LogP contribution in [0, 0.1) is 0 Å². The summed E-state index contributed by atoms with van der Waals surface area (Å²) in [5.41, 5.74) is 1.68. The normalized spacial score (nSPS) is 14.9. The first-order chi connectivity index (χ1) is 11.4. The zero-order chi connectivity index (χ0) is 15.5. The van der Waals surface area contributed by atoms with Crippen LogP contribution in [0.2, 0.25) is 0 Å². The molecule has 7 nitrogen and oxygen atoms in total. The van der Waals surface area contributed by atoms with Gasteiger partial charge in [0.1, 0.15) is 5.82 Å². The van der Waals surface area contributed by atoms with Crippen LogP contribution in [0.4, 0.5) is 5.82 Å². The van der Waals surface area contributed by atoms with E-state index in [1.807, 2.05) is 24.3 Å².